The van der Waals surface area contributed by atoms with Crippen LogP contribution >= 0.6 is 0 Å². The van der Waals surface area contributed by atoms with E-state index in [0.717, 1.165) is 30.8 Å². The average molecular weight is 377 g/mol. The molecule has 28 heavy (non-hydrogen) atoms. The molecule has 0 N–H and O–H groups in total. The quantitative estimate of drug-likeness (QED) is 0.679. The molecular weight excluding hydrogens is 354 g/mol. The molecule has 0 aliphatic carbocycles. The van der Waals surface area contributed by atoms with Gasteiger partial charge in [-0.05, 0) is 43.0 Å². The highest BCUT2D eigenvalue weighted by atomic mass is 16.5. The Labute approximate surface area is 164 Å². The largest absolute Gasteiger partial charge is 0.497 e. The molecule has 1 amide bonds. The molecule has 144 valence electrons. The second kappa shape index (κ2) is 7.84. The third-order valence-corrected chi connectivity index (χ3v) is 5.09. The van der Waals surface area contributed by atoms with Crippen molar-refractivity contribution in [2.24, 2.45) is 5.92 Å². The van der Waals surface area contributed by atoms with Crippen molar-refractivity contribution in [1.29, 1.82) is 0 Å². The Morgan fingerprint density at radius 2 is 2.07 bits per heavy atom. The topological polar surface area (TPSA) is 68.5 Å². The number of hydrogen-bond donors (Lipinski definition) is 0. The number of likely N-dealkylation sites (tertiary alicyclic amines) is 1. The van der Waals surface area contributed by atoms with Crippen LogP contribution in [0.15, 0.2) is 53.1 Å². The smallest absolute Gasteiger partial charge is 0.259 e. The highest BCUT2D eigenvalue weighted by Crippen LogP contribution is 2.28. The van der Waals surface area contributed by atoms with Crippen LogP contribution in [0.1, 0.15) is 30.1 Å². The molecule has 1 aromatic heterocycles. The number of amides is 1. The molecule has 3 aromatic rings. The van der Waals surface area contributed by atoms with Gasteiger partial charge in [0.1, 0.15) is 5.75 Å². The summed E-state index contributed by atoms with van der Waals surface area (Å²) < 4.78 is 10.8. The minimum atomic E-state index is 0.0169. The third kappa shape index (κ3) is 3.63. The lowest BCUT2D eigenvalue weighted by atomic mass is 9.98. The molecule has 1 saturated heterocycles. The Morgan fingerprint density at radius 3 is 2.89 bits per heavy atom. The predicted octanol–water partition coefficient (Wildman–Crippen LogP) is 4.28. The summed E-state index contributed by atoms with van der Waals surface area (Å²) in [7, 11) is 1.62. The first-order valence-corrected chi connectivity index (χ1v) is 9.52. The summed E-state index contributed by atoms with van der Waals surface area (Å²) in [4.78, 5) is 19.6. The van der Waals surface area contributed by atoms with Crippen molar-refractivity contribution in [1.82, 2.24) is 15.0 Å². The first kappa shape index (κ1) is 18.2. The number of carbonyl (C=O) groups excluding carboxylic acids is 1. The summed E-state index contributed by atoms with van der Waals surface area (Å²) >= 11 is 0. The molecule has 1 unspecified atom stereocenters. The van der Waals surface area contributed by atoms with Gasteiger partial charge in [-0.25, -0.2) is 0 Å². The summed E-state index contributed by atoms with van der Waals surface area (Å²) in [5, 5.41) is 4.10. The van der Waals surface area contributed by atoms with Crippen molar-refractivity contribution >= 4 is 5.91 Å². The molecule has 1 aliphatic heterocycles. The van der Waals surface area contributed by atoms with Crippen molar-refractivity contribution in [3.05, 3.63) is 54.1 Å². The van der Waals surface area contributed by atoms with E-state index >= 15 is 0 Å². The molecule has 6 nitrogen and oxygen atoms in total. The van der Waals surface area contributed by atoms with Gasteiger partial charge in [0.2, 0.25) is 5.82 Å². The van der Waals surface area contributed by atoms with Crippen molar-refractivity contribution < 1.29 is 14.1 Å². The van der Waals surface area contributed by atoms with Gasteiger partial charge >= 0.3 is 0 Å². The standard InChI is InChI=1S/C22H23N3O3/c1-15-7-6-12-25(14-15)22(26)19-11-4-3-10-18(19)21-23-20(24-28-21)16-8-5-9-17(13-16)27-2/h3-5,8-11,13,15H,6-7,12,14H2,1-2H3. The number of piperidine rings is 1. The number of rotatable bonds is 4. The maximum Gasteiger partial charge on any atom is 0.259 e. The summed E-state index contributed by atoms with van der Waals surface area (Å²) in [5.41, 5.74) is 2.05. The lowest BCUT2D eigenvalue weighted by Crippen LogP contribution is -2.39. The van der Waals surface area contributed by atoms with Gasteiger partial charge in [-0.1, -0.05) is 36.3 Å². The fraction of sp³-hybridized carbons (Fsp3) is 0.318. The van der Waals surface area contributed by atoms with Gasteiger partial charge in [0.25, 0.3) is 11.8 Å². The number of ether oxygens (including phenoxy) is 1. The van der Waals surface area contributed by atoms with Gasteiger partial charge < -0.3 is 14.2 Å². The first-order chi connectivity index (χ1) is 13.7. The van der Waals surface area contributed by atoms with E-state index in [1.165, 1.54) is 6.42 Å². The zero-order valence-electron chi connectivity index (χ0n) is 16.1. The molecule has 1 fully saturated rings. The van der Waals surface area contributed by atoms with Crippen LogP contribution in [0.4, 0.5) is 0 Å². The molecule has 1 atom stereocenters. The number of benzene rings is 2. The maximum atomic E-state index is 13.1. The Kier molecular flexibility index (Phi) is 5.10. The van der Waals surface area contributed by atoms with Crippen molar-refractivity contribution in [3.8, 4) is 28.6 Å². The summed E-state index contributed by atoms with van der Waals surface area (Å²) in [6, 6.07) is 14.9. The zero-order chi connectivity index (χ0) is 19.5. The number of nitrogens with zero attached hydrogens (tertiary/aromatic N) is 3. The van der Waals surface area contributed by atoms with E-state index in [2.05, 4.69) is 17.1 Å². The number of hydrogen-bond acceptors (Lipinski definition) is 5. The Morgan fingerprint density at radius 1 is 1.21 bits per heavy atom. The summed E-state index contributed by atoms with van der Waals surface area (Å²) in [5.74, 6) is 2.06. The fourth-order valence-electron chi connectivity index (χ4n) is 3.61. The highest BCUT2D eigenvalue weighted by molar-refractivity contribution is 6.00. The summed E-state index contributed by atoms with van der Waals surface area (Å²) in [6.45, 7) is 3.76. The minimum absolute atomic E-state index is 0.0169. The Bertz CT molecular complexity index is 982. The second-order valence-corrected chi connectivity index (χ2v) is 7.20. The van der Waals surface area contributed by atoms with Crippen LogP contribution < -0.4 is 4.74 Å². The van der Waals surface area contributed by atoms with E-state index in [-0.39, 0.29) is 5.91 Å². The van der Waals surface area contributed by atoms with Crippen molar-refractivity contribution in [2.75, 3.05) is 20.2 Å². The maximum absolute atomic E-state index is 13.1. The highest BCUT2D eigenvalue weighted by Gasteiger charge is 2.25. The molecule has 6 heteroatoms. The lowest BCUT2D eigenvalue weighted by molar-refractivity contribution is 0.0683. The lowest BCUT2D eigenvalue weighted by Gasteiger charge is -2.31. The molecule has 0 saturated carbocycles. The van der Waals surface area contributed by atoms with E-state index in [1.807, 2.05) is 53.4 Å². The molecule has 2 heterocycles. The predicted molar refractivity (Wildman–Crippen MR) is 106 cm³/mol. The van der Waals surface area contributed by atoms with Gasteiger partial charge in [0.05, 0.1) is 18.2 Å². The Hall–Kier alpha value is -3.15. The minimum Gasteiger partial charge on any atom is -0.497 e. The Balaban J connectivity index is 1.65. The number of aromatic nitrogens is 2. The molecular formula is C22H23N3O3. The van der Waals surface area contributed by atoms with Crippen LogP contribution in [0.3, 0.4) is 0 Å². The molecule has 4 rings (SSSR count). The molecule has 0 bridgehead atoms. The molecule has 1 aliphatic rings. The van der Waals surface area contributed by atoms with Gasteiger partial charge in [0.15, 0.2) is 0 Å². The van der Waals surface area contributed by atoms with E-state index in [1.54, 1.807) is 7.11 Å². The van der Waals surface area contributed by atoms with Crippen molar-refractivity contribution in [3.63, 3.8) is 0 Å². The van der Waals surface area contributed by atoms with E-state index in [4.69, 9.17) is 9.26 Å². The van der Waals surface area contributed by atoms with Crippen molar-refractivity contribution in [2.45, 2.75) is 19.8 Å². The van der Waals surface area contributed by atoms with Crippen LogP contribution in [0.5, 0.6) is 5.75 Å². The van der Waals surface area contributed by atoms with E-state index in [9.17, 15) is 4.79 Å². The van der Waals surface area contributed by atoms with Crippen LogP contribution in [-0.2, 0) is 0 Å². The van der Waals surface area contributed by atoms with E-state index in [0.29, 0.717) is 28.8 Å². The normalized spacial score (nSPS) is 16.8. The van der Waals surface area contributed by atoms with Crippen LogP contribution in [0, 0.1) is 5.92 Å². The molecule has 0 spiro atoms. The van der Waals surface area contributed by atoms with Gasteiger partial charge in [-0.15, -0.1) is 0 Å². The van der Waals surface area contributed by atoms with E-state index < -0.39 is 0 Å². The molecule has 0 radical (unpaired) electrons. The second-order valence-electron chi connectivity index (χ2n) is 7.20. The fourth-order valence-corrected chi connectivity index (χ4v) is 3.61. The van der Waals surface area contributed by atoms with Gasteiger partial charge in [0, 0.05) is 18.7 Å². The SMILES string of the molecule is COc1cccc(-c2noc(-c3ccccc3C(=O)N3CCCC(C)C3)n2)c1. The van der Waals surface area contributed by atoms with Crippen LogP contribution in [-0.4, -0.2) is 41.1 Å². The summed E-state index contributed by atoms with van der Waals surface area (Å²) in [6.07, 6.45) is 2.20. The molecule has 2 aromatic carbocycles. The average Bonchev–Trinajstić information content (AvgIpc) is 3.23. The van der Waals surface area contributed by atoms with Gasteiger partial charge in [-0.2, -0.15) is 4.98 Å². The number of carbonyl (C=O) groups is 1. The first-order valence-electron chi connectivity index (χ1n) is 9.52. The zero-order valence-corrected chi connectivity index (χ0v) is 16.1. The van der Waals surface area contributed by atoms with Crippen LogP contribution in [0.2, 0.25) is 0 Å². The van der Waals surface area contributed by atoms with Gasteiger partial charge in [-0.3, -0.25) is 4.79 Å². The van der Waals surface area contributed by atoms with Crippen LogP contribution in [0.25, 0.3) is 22.8 Å². The monoisotopic (exact) mass is 377 g/mol. The third-order valence-electron chi connectivity index (χ3n) is 5.09. The number of methoxy groups -OCH3 is 1.